The van der Waals surface area contributed by atoms with Crippen LogP contribution < -0.4 is 15.8 Å². The Morgan fingerprint density at radius 1 is 1.11 bits per heavy atom. The minimum Gasteiger partial charge on any atom is -0.422 e. The van der Waals surface area contributed by atoms with Crippen molar-refractivity contribution in [2.75, 3.05) is 25.0 Å². The first-order valence-electron chi connectivity index (χ1n) is 12.1. The molecule has 180 valence electrons. The van der Waals surface area contributed by atoms with Crippen LogP contribution in [0.4, 0.5) is 5.69 Å². The van der Waals surface area contributed by atoms with Gasteiger partial charge in [0.1, 0.15) is 16.2 Å². The van der Waals surface area contributed by atoms with Gasteiger partial charge in [-0.2, -0.15) is 0 Å². The van der Waals surface area contributed by atoms with Gasteiger partial charge >= 0.3 is 5.63 Å². The topological polar surface area (TPSA) is 75.4 Å². The molecule has 7 heteroatoms. The molecule has 6 rings (SSSR count). The van der Waals surface area contributed by atoms with E-state index in [2.05, 4.69) is 23.2 Å². The van der Waals surface area contributed by atoms with Gasteiger partial charge in [0.05, 0.1) is 10.2 Å². The summed E-state index contributed by atoms with van der Waals surface area (Å²) in [7, 11) is 1.61. The monoisotopic (exact) mass is 495 g/mol. The number of hydrogen-bond acceptors (Lipinski definition) is 6. The Hall–Kier alpha value is -3.97. The third-order valence-corrected chi connectivity index (χ3v) is 7.93. The molecule has 3 heterocycles. The van der Waals surface area contributed by atoms with Crippen molar-refractivity contribution in [1.29, 1.82) is 0 Å². The molecule has 1 N–H and O–H groups in total. The van der Waals surface area contributed by atoms with E-state index in [0.717, 1.165) is 47.2 Å². The smallest absolute Gasteiger partial charge is 0.347 e. The minimum absolute atomic E-state index is 0.211. The minimum atomic E-state index is -0.456. The van der Waals surface area contributed by atoms with Gasteiger partial charge in [-0.3, -0.25) is 4.79 Å². The summed E-state index contributed by atoms with van der Waals surface area (Å²) in [5, 5.41) is 4.14. The summed E-state index contributed by atoms with van der Waals surface area (Å²) in [6.07, 6.45) is 2.02. The second-order valence-corrected chi connectivity index (χ2v) is 9.94. The van der Waals surface area contributed by atoms with E-state index in [-0.39, 0.29) is 5.91 Å². The molecule has 0 unspecified atom stereocenters. The maximum Gasteiger partial charge on any atom is 0.347 e. The quantitative estimate of drug-likeness (QED) is 0.316. The van der Waals surface area contributed by atoms with Gasteiger partial charge in [0.25, 0.3) is 5.91 Å². The maximum atomic E-state index is 13.7. The Kier molecular flexibility index (Phi) is 5.57. The first kappa shape index (κ1) is 22.5. The lowest BCUT2D eigenvalue weighted by atomic mass is 9.90. The normalized spacial score (nSPS) is 13.2. The van der Waals surface area contributed by atoms with Crippen LogP contribution in [0.5, 0.6) is 0 Å². The predicted molar refractivity (Wildman–Crippen MR) is 146 cm³/mol. The molecule has 0 atom stereocenters. The SMILES string of the molecule is CCN1CCCc2cc3c(-c4ccccc4C(=O)NC)c(-c4nc5ccccc5s4)c(=O)oc3cc21. The molecule has 0 saturated carbocycles. The van der Waals surface area contributed by atoms with Gasteiger partial charge in [-0.15, -0.1) is 11.3 Å². The largest absolute Gasteiger partial charge is 0.422 e. The van der Waals surface area contributed by atoms with Crippen LogP contribution in [0.2, 0.25) is 0 Å². The van der Waals surface area contributed by atoms with Crippen LogP contribution in [0.1, 0.15) is 29.3 Å². The lowest BCUT2D eigenvalue weighted by Gasteiger charge is -2.30. The van der Waals surface area contributed by atoms with Crippen molar-refractivity contribution in [3.63, 3.8) is 0 Å². The van der Waals surface area contributed by atoms with Crippen LogP contribution in [0, 0.1) is 0 Å². The number of para-hydroxylation sites is 1. The summed E-state index contributed by atoms with van der Waals surface area (Å²) in [4.78, 5) is 33.7. The maximum absolute atomic E-state index is 13.7. The molecular formula is C29H25N3O3S. The van der Waals surface area contributed by atoms with Crippen molar-refractivity contribution >= 4 is 44.1 Å². The standard InChI is InChI=1S/C29H25N3O3S/c1-3-32-14-8-9-17-15-20-23(16-22(17)32)35-29(34)26(28-31-21-12-6-7-13-24(21)36-28)25(20)18-10-4-5-11-19(18)27(33)30-2/h4-7,10-13,15-16H,3,8-9,14H2,1-2H3,(H,30,33). The Bertz CT molecular complexity index is 1670. The highest BCUT2D eigenvalue weighted by Crippen LogP contribution is 2.42. The van der Waals surface area contributed by atoms with Gasteiger partial charge < -0.3 is 14.6 Å². The fraction of sp³-hybridized carbons (Fsp3) is 0.207. The predicted octanol–water partition coefficient (Wildman–Crippen LogP) is 5.87. The molecule has 1 aliphatic heterocycles. The van der Waals surface area contributed by atoms with Crippen molar-refractivity contribution in [2.45, 2.75) is 19.8 Å². The average molecular weight is 496 g/mol. The number of aromatic nitrogens is 1. The van der Waals surface area contributed by atoms with Crippen molar-refractivity contribution in [3.05, 3.63) is 82.2 Å². The van der Waals surface area contributed by atoms with Gasteiger partial charge in [0, 0.05) is 48.4 Å². The number of benzene rings is 3. The van der Waals surface area contributed by atoms with Gasteiger partial charge in [-0.05, 0) is 55.2 Å². The van der Waals surface area contributed by atoms with Gasteiger partial charge in [0.2, 0.25) is 0 Å². The van der Waals surface area contributed by atoms with Crippen LogP contribution in [0.25, 0.3) is 42.9 Å². The van der Waals surface area contributed by atoms with E-state index in [1.54, 1.807) is 13.1 Å². The number of nitrogens with one attached hydrogen (secondary N) is 1. The number of carbonyl (C=O) groups is 1. The Morgan fingerprint density at radius 2 is 1.92 bits per heavy atom. The van der Waals surface area contributed by atoms with Crippen molar-refractivity contribution < 1.29 is 9.21 Å². The molecule has 1 aliphatic rings. The number of amides is 1. The van der Waals surface area contributed by atoms with Gasteiger partial charge in [0.15, 0.2) is 0 Å². The van der Waals surface area contributed by atoms with E-state index in [4.69, 9.17) is 9.40 Å². The molecule has 36 heavy (non-hydrogen) atoms. The number of hydrogen-bond donors (Lipinski definition) is 1. The Morgan fingerprint density at radius 3 is 2.72 bits per heavy atom. The molecule has 0 fully saturated rings. The molecular weight excluding hydrogens is 470 g/mol. The van der Waals surface area contributed by atoms with E-state index in [1.165, 1.54) is 16.9 Å². The number of thiazole rings is 1. The summed E-state index contributed by atoms with van der Waals surface area (Å²) < 4.78 is 6.96. The lowest BCUT2D eigenvalue weighted by molar-refractivity contribution is 0.0963. The number of anilines is 1. The van der Waals surface area contributed by atoms with E-state index >= 15 is 0 Å². The molecule has 0 saturated heterocycles. The Labute approximate surface area is 212 Å². The highest BCUT2D eigenvalue weighted by atomic mass is 32.1. The van der Waals surface area contributed by atoms with Crippen molar-refractivity contribution in [1.82, 2.24) is 10.3 Å². The highest BCUT2D eigenvalue weighted by Gasteiger charge is 2.26. The van der Waals surface area contributed by atoms with E-state index < -0.39 is 5.63 Å². The summed E-state index contributed by atoms with van der Waals surface area (Å²) in [5.74, 6) is -0.211. The second-order valence-electron chi connectivity index (χ2n) is 8.91. The first-order chi connectivity index (χ1) is 17.6. The number of aryl methyl sites for hydroxylation is 1. The van der Waals surface area contributed by atoms with Gasteiger partial charge in [-0.25, -0.2) is 9.78 Å². The van der Waals surface area contributed by atoms with Crippen LogP contribution in [0.15, 0.2) is 69.9 Å². The number of carbonyl (C=O) groups excluding carboxylic acids is 1. The fourth-order valence-electron chi connectivity index (χ4n) is 5.17. The molecule has 0 radical (unpaired) electrons. The first-order valence-corrected chi connectivity index (χ1v) is 13.0. The summed E-state index contributed by atoms with van der Waals surface area (Å²) in [6.45, 7) is 4.00. The lowest BCUT2D eigenvalue weighted by Crippen LogP contribution is -2.28. The number of fused-ring (bicyclic) bond motifs is 3. The Balaban J connectivity index is 1.74. The zero-order chi connectivity index (χ0) is 24.8. The van der Waals surface area contributed by atoms with Crippen LogP contribution in [0.3, 0.4) is 0 Å². The third-order valence-electron chi connectivity index (χ3n) is 6.88. The molecule has 3 aromatic carbocycles. The summed E-state index contributed by atoms with van der Waals surface area (Å²) >= 11 is 1.45. The van der Waals surface area contributed by atoms with E-state index in [0.29, 0.717) is 32.8 Å². The van der Waals surface area contributed by atoms with Crippen molar-refractivity contribution in [3.8, 4) is 21.7 Å². The third kappa shape index (κ3) is 3.58. The average Bonchev–Trinajstić information content (AvgIpc) is 3.34. The van der Waals surface area contributed by atoms with Crippen LogP contribution >= 0.6 is 11.3 Å². The van der Waals surface area contributed by atoms with Crippen LogP contribution in [-0.4, -0.2) is 31.0 Å². The molecule has 6 nitrogen and oxygen atoms in total. The van der Waals surface area contributed by atoms with Gasteiger partial charge in [-0.1, -0.05) is 30.3 Å². The highest BCUT2D eigenvalue weighted by molar-refractivity contribution is 7.21. The number of nitrogens with zero attached hydrogens (tertiary/aromatic N) is 2. The molecule has 5 aromatic rings. The zero-order valence-corrected chi connectivity index (χ0v) is 20.9. The molecule has 2 aromatic heterocycles. The number of rotatable bonds is 4. The fourth-order valence-corrected chi connectivity index (χ4v) is 6.18. The molecule has 0 bridgehead atoms. The molecule has 0 spiro atoms. The van der Waals surface area contributed by atoms with E-state index in [9.17, 15) is 9.59 Å². The second kappa shape index (κ2) is 8.91. The molecule has 1 amide bonds. The summed E-state index contributed by atoms with van der Waals surface area (Å²) in [5.41, 5.74) is 5.49. The summed E-state index contributed by atoms with van der Waals surface area (Å²) in [6, 6.07) is 19.4. The zero-order valence-electron chi connectivity index (χ0n) is 20.1. The van der Waals surface area contributed by atoms with E-state index in [1.807, 2.05) is 48.5 Å². The van der Waals surface area contributed by atoms with Crippen LogP contribution in [-0.2, 0) is 6.42 Å². The molecule has 0 aliphatic carbocycles. The van der Waals surface area contributed by atoms with Crippen molar-refractivity contribution in [2.24, 2.45) is 0 Å².